The zero-order valence-electron chi connectivity index (χ0n) is 15.0. The van der Waals surface area contributed by atoms with Gasteiger partial charge in [0.1, 0.15) is 5.82 Å². The van der Waals surface area contributed by atoms with Crippen molar-refractivity contribution in [1.29, 1.82) is 0 Å². The summed E-state index contributed by atoms with van der Waals surface area (Å²) in [6.45, 7) is 1.34. The molecule has 1 N–H and O–H groups in total. The number of nitrogens with zero attached hydrogens (tertiary/aromatic N) is 3. The van der Waals surface area contributed by atoms with E-state index in [-0.39, 0.29) is 30.6 Å². The fourth-order valence-electron chi connectivity index (χ4n) is 3.57. The molecular weight excluding hydrogens is 365 g/mol. The monoisotopic (exact) mass is 386 g/mol. The van der Waals surface area contributed by atoms with Crippen LogP contribution in [0.15, 0.2) is 12.3 Å². The first kappa shape index (κ1) is 19.4. The average molecular weight is 386 g/mol. The van der Waals surface area contributed by atoms with Crippen molar-refractivity contribution in [3.63, 3.8) is 0 Å². The summed E-state index contributed by atoms with van der Waals surface area (Å²) >= 11 is 0. The lowest BCUT2D eigenvalue weighted by Crippen LogP contribution is -2.45. The van der Waals surface area contributed by atoms with Crippen LogP contribution in [0.4, 0.5) is 19.0 Å². The Balaban J connectivity index is 1.78. The SMILES string of the molecule is COC(=O)c1nccc(N[C@@H]2CN(C(=O)C3(C)CCC3)C[C@H]2C(F)(F)F)n1. The number of esters is 1. The van der Waals surface area contributed by atoms with Crippen LogP contribution in [-0.4, -0.2) is 59.2 Å². The molecule has 1 aromatic rings. The summed E-state index contributed by atoms with van der Waals surface area (Å²) < 4.78 is 45.1. The Morgan fingerprint density at radius 2 is 2.04 bits per heavy atom. The summed E-state index contributed by atoms with van der Waals surface area (Å²) in [5, 5.41) is 2.72. The second-order valence-electron chi connectivity index (χ2n) is 7.28. The van der Waals surface area contributed by atoms with Crippen LogP contribution >= 0.6 is 0 Å². The lowest BCUT2D eigenvalue weighted by Gasteiger charge is -2.39. The van der Waals surface area contributed by atoms with Gasteiger partial charge in [-0.3, -0.25) is 4.79 Å². The number of likely N-dealkylation sites (tertiary alicyclic amines) is 1. The molecule has 1 aromatic heterocycles. The van der Waals surface area contributed by atoms with Crippen molar-refractivity contribution in [3.8, 4) is 0 Å². The van der Waals surface area contributed by atoms with Gasteiger partial charge in [0.15, 0.2) is 0 Å². The molecule has 0 radical (unpaired) electrons. The molecule has 7 nitrogen and oxygen atoms in total. The molecule has 27 heavy (non-hydrogen) atoms. The topological polar surface area (TPSA) is 84.4 Å². The van der Waals surface area contributed by atoms with Gasteiger partial charge in [-0.05, 0) is 18.9 Å². The zero-order valence-corrected chi connectivity index (χ0v) is 15.0. The maximum Gasteiger partial charge on any atom is 0.395 e. The van der Waals surface area contributed by atoms with Crippen LogP contribution in [0.1, 0.15) is 36.8 Å². The van der Waals surface area contributed by atoms with Crippen LogP contribution in [0.25, 0.3) is 0 Å². The number of halogens is 3. The number of methoxy groups -OCH3 is 1. The van der Waals surface area contributed by atoms with E-state index in [1.807, 2.05) is 0 Å². The predicted molar refractivity (Wildman–Crippen MR) is 88.9 cm³/mol. The molecule has 3 rings (SSSR count). The van der Waals surface area contributed by atoms with Crippen molar-refractivity contribution in [3.05, 3.63) is 18.1 Å². The van der Waals surface area contributed by atoms with Crippen LogP contribution in [0.5, 0.6) is 0 Å². The minimum atomic E-state index is -4.47. The first-order valence-corrected chi connectivity index (χ1v) is 8.68. The van der Waals surface area contributed by atoms with Gasteiger partial charge < -0.3 is 15.0 Å². The van der Waals surface area contributed by atoms with Gasteiger partial charge in [0.25, 0.3) is 0 Å². The smallest absolute Gasteiger partial charge is 0.395 e. The second kappa shape index (κ2) is 6.97. The van der Waals surface area contributed by atoms with Crippen molar-refractivity contribution >= 4 is 17.7 Å². The number of rotatable bonds is 4. The standard InChI is InChI=1S/C17H21F3N4O3/c1-16(5-3-6-16)15(26)24-8-10(17(18,19)20)11(9-24)22-12-4-7-21-13(23-12)14(25)27-2/h4,7,10-11H,3,5-6,8-9H2,1-2H3,(H,21,22,23)/t10-,11-/m1/s1. The first-order valence-electron chi connectivity index (χ1n) is 8.68. The van der Waals surface area contributed by atoms with Gasteiger partial charge in [-0.15, -0.1) is 0 Å². The van der Waals surface area contributed by atoms with Crippen LogP contribution < -0.4 is 5.32 Å². The summed E-state index contributed by atoms with van der Waals surface area (Å²) in [6.07, 6.45) is -0.891. The molecule has 2 heterocycles. The lowest BCUT2D eigenvalue weighted by molar-refractivity contribution is -0.173. The number of ether oxygens (including phenoxy) is 1. The summed E-state index contributed by atoms with van der Waals surface area (Å²) in [5.74, 6) is -2.91. The van der Waals surface area contributed by atoms with E-state index in [1.165, 1.54) is 17.2 Å². The Kier molecular flexibility index (Phi) is 5.00. The van der Waals surface area contributed by atoms with Crippen molar-refractivity contribution < 1.29 is 27.5 Å². The molecule has 1 aliphatic heterocycles. The lowest BCUT2D eigenvalue weighted by atomic mass is 9.69. The van der Waals surface area contributed by atoms with Crippen molar-refractivity contribution in [2.45, 2.75) is 38.4 Å². The van der Waals surface area contributed by atoms with Gasteiger partial charge in [-0.1, -0.05) is 13.3 Å². The predicted octanol–water partition coefficient (Wildman–Crippen LogP) is 2.25. The van der Waals surface area contributed by atoms with Gasteiger partial charge in [0.2, 0.25) is 11.7 Å². The molecular formula is C17H21F3N4O3. The molecule has 1 saturated heterocycles. The first-order chi connectivity index (χ1) is 12.6. The van der Waals surface area contributed by atoms with Gasteiger partial charge >= 0.3 is 12.1 Å². The van der Waals surface area contributed by atoms with E-state index in [0.29, 0.717) is 12.8 Å². The largest absolute Gasteiger partial charge is 0.463 e. The maximum absolute atomic E-state index is 13.5. The number of amides is 1. The Morgan fingerprint density at radius 1 is 1.33 bits per heavy atom. The Labute approximate surface area is 154 Å². The van der Waals surface area contributed by atoms with E-state index in [9.17, 15) is 22.8 Å². The van der Waals surface area contributed by atoms with E-state index < -0.39 is 29.5 Å². The average Bonchev–Trinajstić information content (AvgIpc) is 3.02. The van der Waals surface area contributed by atoms with Crippen LogP contribution in [0, 0.1) is 11.3 Å². The summed E-state index contributed by atoms with van der Waals surface area (Å²) in [7, 11) is 1.16. The van der Waals surface area contributed by atoms with Gasteiger partial charge in [-0.2, -0.15) is 13.2 Å². The summed E-state index contributed by atoms with van der Waals surface area (Å²) in [4.78, 5) is 33.1. The Morgan fingerprint density at radius 3 is 2.59 bits per heavy atom. The van der Waals surface area contributed by atoms with Gasteiger partial charge in [-0.25, -0.2) is 14.8 Å². The van der Waals surface area contributed by atoms with Gasteiger partial charge in [0, 0.05) is 24.7 Å². The number of hydrogen-bond donors (Lipinski definition) is 1. The quantitative estimate of drug-likeness (QED) is 0.799. The minimum absolute atomic E-state index is 0.0733. The third kappa shape index (κ3) is 3.84. The highest BCUT2D eigenvalue weighted by atomic mass is 19.4. The van der Waals surface area contributed by atoms with E-state index in [1.54, 1.807) is 6.92 Å². The fraction of sp³-hybridized carbons (Fsp3) is 0.647. The number of hydrogen-bond acceptors (Lipinski definition) is 6. The fourth-order valence-corrected chi connectivity index (χ4v) is 3.57. The molecule has 1 aliphatic carbocycles. The minimum Gasteiger partial charge on any atom is -0.463 e. The normalized spacial score (nSPS) is 24.3. The number of nitrogens with one attached hydrogen (secondary N) is 1. The Hall–Kier alpha value is -2.39. The molecule has 0 aromatic carbocycles. The molecule has 2 atom stereocenters. The van der Waals surface area contributed by atoms with E-state index in [2.05, 4.69) is 20.0 Å². The molecule has 0 bridgehead atoms. The van der Waals surface area contributed by atoms with E-state index in [4.69, 9.17) is 0 Å². The molecule has 10 heteroatoms. The zero-order chi connectivity index (χ0) is 19.8. The van der Waals surface area contributed by atoms with Gasteiger partial charge in [0.05, 0.1) is 19.1 Å². The molecule has 148 valence electrons. The molecule has 1 amide bonds. The summed E-state index contributed by atoms with van der Waals surface area (Å²) in [6, 6.07) is 0.315. The number of carbonyl (C=O) groups is 2. The highest BCUT2D eigenvalue weighted by Gasteiger charge is 2.53. The third-order valence-electron chi connectivity index (χ3n) is 5.36. The summed E-state index contributed by atoms with van der Waals surface area (Å²) in [5.41, 5.74) is -0.558. The van der Waals surface area contributed by atoms with Crippen LogP contribution in [0.2, 0.25) is 0 Å². The Bertz CT molecular complexity index is 736. The number of carbonyl (C=O) groups excluding carboxylic acids is 2. The maximum atomic E-state index is 13.5. The van der Waals surface area contributed by atoms with E-state index >= 15 is 0 Å². The highest BCUT2D eigenvalue weighted by Crippen LogP contribution is 2.44. The number of aromatic nitrogens is 2. The molecule has 1 saturated carbocycles. The number of anilines is 1. The van der Waals surface area contributed by atoms with Crippen LogP contribution in [0.3, 0.4) is 0 Å². The van der Waals surface area contributed by atoms with Crippen molar-refractivity contribution in [2.75, 3.05) is 25.5 Å². The number of alkyl halides is 3. The molecule has 2 fully saturated rings. The van der Waals surface area contributed by atoms with Crippen molar-refractivity contribution in [2.24, 2.45) is 11.3 Å². The van der Waals surface area contributed by atoms with E-state index in [0.717, 1.165) is 13.5 Å². The van der Waals surface area contributed by atoms with Crippen LogP contribution in [-0.2, 0) is 9.53 Å². The highest BCUT2D eigenvalue weighted by molar-refractivity contribution is 5.85. The molecule has 0 unspecified atom stereocenters. The molecule has 0 spiro atoms. The van der Waals surface area contributed by atoms with Crippen molar-refractivity contribution in [1.82, 2.24) is 14.9 Å². The second-order valence-corrected chi connectivity index (χ2v) is 7.28. The third-order valence-corrected chi connectivity index (χ3v) is 5.36. The molecule has 2 aliphatic rings.